The highest BCUT2D eigenvalue weighted by Gasteiger charge is 2.13. The van der Waals surface area contributed by atoms with Gasteiger partial charge in [0.05, 0.1) is 22.0 Å². The van der Waals surface area contributed by atoms with Crippen LogP contribution < -0.4 is 5.32 Å². The van der Waals surface area contributed by atoms with Crippen molar-refractivity contribution < 1.29 is 4.79 Å². The quantitative estimate of drug-likeness (QED) is 0.735. The summed E-state index contributed by atoms with van der Waals surface area (Å²) < 4.78 is 0. The topological polar surface area (TPSA) is 57.8 Å². The molecule has 0 aliphatic heterocycles. The van der Waals surface area contributed by atoms with Crippen LogP contribution in [0.3, 0.4) is 0 Å². The van der Waals surface area contributed by atoms with E-state index in [1.807, 2.05) is 55.5 Å². The van der Waals surface area contributed by atoms with E-state index in [4.69, 9.17) is 0 Å². The lowest BCUT2D eigenvalue weighted by atomic mass is 10.2. The second-order valence-electron chi connectivity index (χ2n) is 5.46. The average molecular weight is 325 g/mol. The Morgan fingerprint density at radius 3 is 2.74 bits per heavy atom. The molecule has 3 aromatic rings. The number of anilines is 1. The second kappa shape index (κ2) is 6.87. The summed E-state index contributed by atoms with van der Waals surface area (Å²) in [6.45, 7) is 4.04. The van der Waals surface area contributed by atoms with E-state index in [1.165, 1.54) is 0 Å². The van der Waals surface area contributed by atoms with Gasteiger partial charge in [-0.2, -0.15) is 0 Å². The van der Waals surface area contributed by atoms with Crippen LogP contribution in [0.15, 0.2) is 48.5 Å². The van der Waals surface area contributed by atoms with Crippen molar-refractivity contribution in [2.75, 3.05) is 11.1 Å². The number of benzene rings is 2. The summed E-state index contributed by atoms with van der Waals surface area (Å²) in [7, 11) is 0. The first-order chi connectivity index (χ1) is 11.1. The van der Waals surface area contributed by atoms with Crippen LogP contribution in [0.1, 0.15) is 23.6 Å². The number of aryl methyl sites for hydroxylation is 1. The van der Waals surface area contributed by atoms with Crippen molar-refractivity contribution in [2.24, 2.45) is 0 Å². The maximum atomic E-state index is 12.1. The zero-order chi connectivity index (χ0) is 16.2. The largest absolute Gasteiger partial charge is 0.341 e. The van der Waals surface area contributed by atoms with Crippen molar-refractivity contribution in [3.05, 3.63) is 59.9 Å². The molecular formula is C18H19N3OS. The number of imidazole rings is 1. The summed E-state index contributed by atoms with van der Waals surface area (Å²) in [4.78, 5) is 20.0. The van der Waals surface area contributed by atoms with E-state index in [1.54, 1.807) is 11.8 Å². The molecule has 3 rings (SSSR count). The van der Waals surface area contributed by atoms with Crippen molar-refractivity contribution in [3.63, 3.8) is 0 Å². The Kier molecular flexibility index (Phi) is 4.67. The first-order valence-corrected chi connectivity index (χ1v) is 8.60. The van der Waals surface area contributed by atoms with E-state index in [-0.39, 0.29) is 11.2 Å². The molecule has 2 aromatic carbocycles. The molecule has 0 unspecified atom stereocenters. The predicted octanol–water partition coefficient (Wildman–Crippen LogP) is 4.30. The number of rotatable bonds is 5. The Morgan fingerprint density at radius 2 is 1.96 bits per heavy atom. The summed E-state index contributed by atoms with van der Waals surface area (Å²) in [5.74, 6) is 1.30. The lowest BCUT2D eigenvalue weighted by Gasteiger charge is -2.10. The van der Waals surface area contributed by atoms with Gasteiger partial charge in [-0.15, -0.1) is 11.8 Å². The molecule has 1 heterocycles. The van der Waals surface area contributed by atoms with Gasteiger partial charge in [-0.1, -0.05) is 30.3 Å². The van der Waals surface area contributed by atoms with Crippen molar-refractivity contribution >= 4 is 34.4 Å². The maximum Gasteiger partial charge on any atom is 0.234 e. The van der Waals surface area contributed by atoms with Gasteiger partial charge in [-0.25, -0.2) is 4.98 Å². The molecular weight excluding hydrogens is 306 g/mol. The van der Waals surface area contributed by atoms with Gasteiger partial charge in [-0.3, -0.25) is 4.79 Å². The van der Waals surface area contributed by atoms with E-state index in [0.717, 1.165) is 28.1 Å². The molecule has 0 fully saturated rings. The van der Waals surface area contributed by atoms with Crippen LogP contribution in [0, 0.1) is 6.92 Å². The minimum atomic E-state index is 0.00672. The molecule has 23 heavy (non-hydrogen) atoms. The molecule has 4 nitrogen and oxygen atoms in total. The van der Waals surface area contributed by atoms with Crippen molar-refractivity contribution in [1.82, 2.24) is 9.97 Å². The molecule has 1 aromatic heterocycles. The van der Waals surface area contributed by atoms with Gasteiger partial charge in [0.15, 0.2) is 0 Å². The van der Waals surface area contributed by atoms with E-state index in [9.17, 15) is 4.79 Å². The molecule has 1 atom stereocenters. The smallest absolute Gasteiger partial charge is 0.234 e. The number of carbonyl (C=O) groups is 1. The normalized spacial score (nSPS) is 12.3. The first-order valence-electron chi connectivity index (χ1n) is 7.55. The highest BCUT2D eigenvalue weighted by atomic mass is 32.2. The van der Waals surface area contributed by atoms with Gasteiger partial charge in [0.2, 0.25) is 5.91 Å². The van der Waals surface area contributed by atoms with E-state index < -0.39 is 0 Å². The molecule has 0 aliphatic carbocycles. The van der Waals surface area contributed by atoms with Gasteiger partial charge in [0.25, 0.3) is 0 Å². The number of nitrogens with zero attached hydrogens (tertiary/aromatic N) is 1. The van der Waals surface area contributed by atoms with Gasteiger partial charge < -0.3 is 10.3 Å². The SMILES string of the molecule is Cc1ccccc1NC(=O)CS[C@H](C)c1nc2ccccc2[nH]1. The van der Waals surface area contributed by atoms with E-state index in [2.05, 4.69) is 22.2 Å². The van der Waals surface area contributed by atoms with Crippen LogP contribution in [0.25, 0.3) is 11.0 Å². The Hall–Kier alpha value is -2.27. The van der Waals surface area contributed by atoms with Crippen molar-refractivity contribution in [1.29, 1.82) is 0 Å². The molecule has 118 valence electrons. The average Bonchev–Trinajstić information content (AvgIpc) is 2.99. The third-order valence-electron chi connectivity index (χ3n) is 3.68. The Morgan fingerprint density at radius 1 is 1.22 bits per heavy atom. The molecule has 0 bridgehead atoms. The van der Waals surface area contributed by atoms with E-state index >= 15 is 0 Å². The number of hydrogen-bond donors (Lipinski definition) is 2. The summed E-state index contributed by atoms with van der Waals surface area (Å²) in [5, 5.41) is 3.08. The fourth-order valence-electron chi connectivity index (χ4n) is 2.34. The van der Waals surface area contributed by atoms with Crippen LogP contribution >= 0.6 is 11.8 Å². The minimum Gasteiger partial charge on any atom is -0.341 e. The zero-order valence-electron chi connectivity index (χ0n) is 13.2. The van der Waals surface area contributed by atoms with Crippen LogP contribution in [-0.4, -0.2) is 21.6 Å². The summed E-state index contributed by atoms with van der Waals surface area (Å²) in [5.41, 5.74) is 3.92. The number of nitrogens with one attached hydrogen (secondary N) is 2. The van der Waals surface area contributed by atoms with Gasteiger partial charge in [0.1, 0.15) is 5.82 Å². The minimum absolute atomic E-state index is 0.00672. The number of H-pyrrole nitrogens is 1. The molecule has 0 saturated heterocycles. The third kappa shape index (κ3) is 3.74. The second-order valence-corrected chi connectivity index (χ2v) is 6.78. The standard InChI is InChI=1S/C18H19N3OS/c1-12-7-3-4-8-14(12)19-17(22)11-23-13(2)18-20-15-9-5-6-10-16(15)21-18/h3-10,13H,11H2,1-2H3,(H,19,22)(H,20,21)/t13-/m1/s1. The van der Waals surface area contributed by atoms with Crippen LogP contribution in [-0.2, 0) is 4.79 Å². The molecule has 0 saturated carbocycles. The van der Waals surface area contributed by atoms with Crippen LogP contribution in [0.2, 0.25) is 0 Å². The molecule has 5 heteroatoms. The Labute approximate surface area is 139 Å². The van der Waals surface area contributed by atoms with Crippen LogP contribution in [0.4, 0.5) is 5.69 Å². The fraction of sp³-hybridized carbons (Fsp3) is 0.222. The number of para-hydroxylation sites is 3. The summed E-state index contributed by atoms with van der Waals surface area (Å²) in [6, 6.07) is 15.7. The molecule has 2 N–H and O–H groups in total. The predicted molar refractivity (Wildman–Crippen MR) is 96.8 cm³/mol. The van der Waals surface area contributed by atoms with E-state index in [0.29, 0.717) is 5.75 Å². The molecule has 0 radical (unpaired) electrons. The lowest BCUT2D eigenvalue weighted by molar-refractivity contribution is -0.113. The Bertz CT molecular complexity index is 795. The Balaban J connectivity index is 1.59. The summed E-state index contributed by atoms with van der Waals surface area (Å²) >= 11 is 1.57. The van der Waals surface area contributed by atoms with Crippen molar-refractivity contribution in [2.45, 2.75) is 19.1 Å². The monoisotopic (exact) mass is 325 g/mol. The third-order valence-corrected chi connectivity index (χ3v) is 4.83. The van der Waals surface area contributed by atoms with Gasteiger partial charge in [-0.05, 0) is 37.6 Å². The molecule has 0 aliphatic rings. The fourth-order valence-corrected chi connectivity index (χ4v) is 3.09. The van der Waals surface area contributed by atoms with Gasteiger partial charge >= 0.3 is 0 Å². The van der Waals surface area contributed by atoms with Gasteiger partial charge in [0, 0.05) is 5.69 Å². The number of hydrogen-bond acceptors (Lipinski definition) is 3. The molecule has 0 spiro atoms. The summed E-state index contributed by atoms with van der Waals surface area (Å²) in [6.07, 6.45) is 0. The number of fused-ring (bicyclic) bond motifs is 1. The molecule has 1 amide bonds. The number of amides is 1. The number of thioether (sulfide) groups is 1. The maximum absolute atomic E-state index is 12.1. The highest BCUT2D eigenvalue weighted by Crippen LogP contribution is 2.27. The first kappa shape index (κ1) is 15.6. The number of carbonyl (C=O) groups excluding carboxylic acids is 1. The number of aromatic amines is 1. The zero-order valence-corrected chi connectivity index (χ0v) is 14.0. The highest BCUT2D eigenvalue weighted by molar-refractivity contribution is 8.00. The van der Waals surface area contributed by atoms with Crippen LogP contribution in [0.5, 0.6) is 0 Å². The van der Waals surface area contributed by atoms with Crippen molar-refractivity contribution in [3.8, 4) is 0 Å². The number of aromatic nitrogens is 2. The lowest BCUT2D eigenvalue weighted by Crippen LogP contribution is -2.15.